The summed E-state index contributed by atoms with van der Waals surface area (Å²) in [5, 5.41) is 9.47. The van der Waals surface area contributed by atoms with Gasteiger partial charge in [0.2, 0.25) is 0 Å². The van der Waals surface area contributed by atoms with E-state index in [2.05, 4.69) is 4.90 Å². The molecular formula is C14H18ClNO3. The minimum Gasteiger partial charge on any atom is -0.481 e. The van der Waals surface area contributed by atoms with Crippen molar-refractivity contribution in [2.24, 2.45) is 0 Å². The molecule has 19 heavy (non-hydrogen) atoms. The van der Waals surface area contributed by atoms with E-state index < -0.39 is 5.97 Å². The predicted molar refractivity (Wildman–Crippen MR) is 73.4 cm³/mol. The van der Waals surface area contributed by atoms with E-state index in [0.717, 1.165) is 5.56 Å². The monoisotopic (exact) mass is 283 g/mol. The van der Waals surface area contributed by atoms with Gasteiger partial charge in [0.25, 0.3) is 0 Å². The summed E-state index contributed by atoms with van der Waals surface area (Å²) in [6.07, 6.45) is 0.0678. The summed E-state index contributed by atoms with van der Waals surface area (Å²) in [5.41, 5.74) is 0.969. The van der Waals surface area contributed by atoms with Crippen LogP contribution >= 0.6 is 11.6 Å². The molecule has 1 heterocycles. The predicted octanol–water partition coefficient (Wildman–Crippen LogP) is 2.58. The Morgan fingerprint density at radius 2 is 2.26 bits per heavy atom. The highest BCUT2D eigenvalue weighted by atomic mass is 35.5. The fourth-order valence-corrected chi connectivity index (χ4v) is 2.54. The third kappa shape index (κ3) is 3.69. The molecule has 1 fully saturated rings. The Morgan fingerprint density at radius 3 is 2.95 bits per heavy atom. The van der Waals surface area contributed by atoms with Crippen molar-refractivity contribution in [3.05, 3.63) is 34.9 Å². The third-order valence-corrected chi connectivity index (χ3v) is 3.77. The standard InChI is InChI=1S/C14H18ClNO3/c1-10-9-19-13(8-16(10)7-6-14(17)18)11-4-2-3-5-12(11)15/h2-5,10,13H,6-9H2,1H3,(H,17,18)/t10-,13+/m0/s1. The number of aliphatic carboxylic acids is 1. The number of ether oxygens (including phenoxy) is 1. The Morgan fingerprint density at radius 1 is 1.53 bits per heavy atom. The van der Waals surface area contributed by atoms with Crippen LogP contribution in [0.1, 0.15) is 25.0 Å². The van der Waals surface area contributed by atoms with E-state index in [1.807, 2.05) is 31.2 Å². The van der Waals surface area contributed by atoms with Gasteiger partial charge in [0.1, 0.15) is 0 Å². The van der Waals surface area contributed by atoms with Gasteiger partial charge in [-0.2, -0.15) is 0 Å². The molecule has 104 valence electrons. The lowest BCUT2D eigenvalue weighted by Gasteiger charge is -2.38. The van der Waals surface area contributed by atoms with Crippen LogP contribution in [0.4, 0.5) is 0 Å². The molecule has 0 aromatic heterocycles. The lowest BCUT2D eigenvalue weighted by atomic mass is 10.1. The second-order valence-corrected chi connectivity index (χ2v) is 5.24. The molecule has 0 unspecified atom stereocenters. The number of hydrogen-bond donors (Lipinski definition) is 1. The quantitative estimate of drug-likeness (QED) is 0.923. The van der Waals surface area contributed by atoms with Gasteiger partial charge in [-0.1, -0.05) is 29.8 Å². The van der Waals surface area contributed by atoms with Crippen LogP contribution in [0.15, 0.2) is 24.3 Å². The third-order valence-electron chi connectivity index (χ3n) is 3.43. The van der Waals surface area contributed by atoms with Crippen LogP contribution in [0.25, 0.3) is 0 Å². The molecule has 2 rings (SSSR count). The number of halogens is 1. The summed E-state index contributed by atoms with van der Waals surface area (Å²) < 4.78 is 5.82. The Balaban J connectivity index is 2.04. The molecule has 0 radical (unpaired) electrons. The molecule has 0 aliphatic carbocycles. The number of carboxylic acid groups (broad SMARTS) is 1. The smallest absolute Gasteiger partial charge is 0.304 e. The summed E-state index contributed by atoms with van der Waals surface area (Å²) in [6.45, 7) is 3.86. The molecule has 0 bridgehead atoms. The van der Waals surface area contributed by atoms with Crippen molar-refractivity contribution in [3.63, 3.8) is 0 Å². The molecule has 1 aromatic carbocycles. The summed E-state index contributed by atoms with van der Waals surface area (Å²) in [6, 6.07) is 7.86. The Bertz CT molecular complexity index is 452. The number of carbonyl (C=O) groups is 1. The Labute approximate surface area is 117 Å². The number of benzene rings is 1. The van der Waals surface area contributed by atoms with Crippen LogP contribution in [0.5, 0.6) is 0 Å². The number of carboxylic acids is 1. The summed E-state index contributed by atoms with van der Waals surface area (Å²) >= 11 is 6.18. The van der Waals surface area contributed by atoms with Crippen molar-refractivity contribution in [1.29, 1.82) is 0 Å². The fraction of sp³-hybridized carbons (Fsp3) is 0.500. The van der Waals surface area contributed by atoms with Crippen molar-refractivity contribution in [3.8, 4) is 0 Å². The lowest BCUT2D eigenvalue weighted by Crippen LogP contribution is -2.45. The molecule has 1 aliphatic heterocycles. The normalized spacial score (nSPS) is 24.3. The molecule has 1 saturated heterocycles. The second-order valence-electron chi connectivity index (χ2n) is 4.83. The first-order chi connectivity index (χ1) is 9.08. The van der Waals surface area contributed by atoms with Gasteiger partial charge in [0, 0.05) is 29.7 Å². The zero-order valence-corrected chi connectivity index (χ0v) is 11.6. The number of rotatable bonds is 4. The molecule has 5 heteroatoms. The average Bonchev–Trinajstić information content (AvgIpc) is 2.38. The van der Waals surface area contributed by atoms with Crippen LogP contribution in [0, 0.1) is 0 Å². The first-order valence-electron chi connectivity index (χ1n) is 6.40. The first kappa shape index (κ1) is 14.3. The SMILES string of the molecule is C[C@H]1CO[C@@H](c2ccccc2Cl)CN1CCC(=O)O. The largest absolute Gasteiger partial charge is 0.481 e. The molecular weight excluding hydrogens is 266 g/mol. The zero-order chi connectivity index (χ0) is 13.8. The van der Waals surface area contributed by atoms with Crippen LogP contribution in [-0.4, -0.2) is 41.7 Å². The first-order valence-corrected chi connectivity index (χ1v) is 6.77. The molecule has 1 aliphatic rings. The van der Waals surface area contributed by atoms with Gasteiger partial charge in [-0.15, -0.1) is 0 Å². The number of morpholine rings is 1. The van der Waals surface area contributed by atoms with Gasteiger partial charge in [0.15, 0.2) is 0 Å². The second kappa shape index (κ2) is 6.37. The highest BCUT2D eigenvalue weighted by molar-refractivity contribution is 6.31. The molecule has 0 spiro atoms. The van der Waals surface area contributed by atoms with Gasteiger partial charge >= 0.3 is 5.97 Å². The van der Waals surface area contributed by atoms with Crippen LogP contribution in [0.3, 0.4) is 0 Å². The molecule has 2 atom stereocenters. The number of hydrogen-bond acceptors (Lipinski definition) is 3. The fourth-order valence-electron chi connectivity index (χ4n) is 2.28. The van der Waals surface area contributed by atoms with E-state index in [1.54, 1.807) is 0 Å². The Hall–Kier alpha value is -1.10. The minimum atomic E-state index is -0.770. The van der Waals surface area contributed by atoms with Crippen LogP contribution in [-0.2, 0) is 9.53 Å². The molecule has 0 saturated carbocycles. The maximum Gasteiger partial charge on any atom is 0.304 e. The molecule has 0 amide bonds. The van der Waals surface area contributed by atoms with E-state index >= 15 is 0 Å². The van der Waals surface area contributed by atoms with E-state index in [4.69, 9.17) is 21.4 Å². The van der Waals surface area contributed by atoms with Crippen molar-refractivity contribution >= 4 is 17.6 Å². The topological polar surface area (TPSA) is 49.8 Å². The highest BCUT2D eigenvalue weighted by Gasteiger charge is 2.28. The maximum atomic E-state index is 10.7. The van der Waals surface area contributed by atoms with E-state index in [-0.39, 0.29) is 18.6 Å². The van der Waals surface area contributed by atoms with E-state index in [1.165, 1.54) is 0 Å². The maximum absolute atomic E-state index is 10.7. The Kier molecular flexibility index (Phi) is 4.80. The minimum absolute atomic E-state index is 0.0845. The summed E-state index contributed by atoms with van der Waals surface area (Å²) in [5.74, 6) is -0.770. The van der Waals surface area contributed by atoms with Gasteiger partial charge < -0.3 is 9.84 Å². The van der Waals surface area contributed by atoms with Crippen LogP contribution in [0.2, 0.25) is 5.02 Å². The van der Waals surface area contributed by atoms with Gasteiger partial charge in [0.05, 0.1) is 19.1 Å². The van der Waals surface area contributed by atoms with Crippen molar-refractivity contribution in [2.45, 2.75) is 25.5 Å². The van der Waals surface area contributed by atoms with Gasteiger partial charge in [-0.05, 0) is 13.0 Å². The average molecular weight is 284 g/mol. The number of nitrogens with zero attached hydrogens (tertiary/aromatic N) is 1. The van der Waals surface area contributed by atoms with E-state index in [9.17, 15) is 4.79 Å². The lowest BCUT2D eigenvalue weighted by molar-refractivity contribution is -0.138. The van der Waals surface area contributed by atoms with Crippen LogP contribution < -0.4 is 0 Å². The molecule has 1 N–H and O–H groups in total. The summed E-state index contributed by atoms with van der Waals surface area (Å²) in [7, 11) is 0. The van der Waals surface area contributed by atoms with Gasteiger partial charge in [-0.25, -0.2) is 0 Å². The van der Waals surface area contributed by atoms with Crippen molar-refractivity contribution in [1.82, 2.24) is 4.90 Å². The van der Waals surface area contributed by atoms with Crippen molar-refractivity contribution in [2.75, 3.05) is 19.7 Å². The molecule has 1 aromatic rings. The highest BCUT2D eigenvalue weighted by Crippen LogP contribution is 2.29. The summed E-state index contributed by atoms with van der Waals surface area (Å²) in [4.78, 5) is 12.8. The van der Waals surface area contributed by atoms with Crippen molar-refractivity contribution < 1.29 is 14.6 Å². The molecule has 4 nitrogen and oxygen atoms in total. The zero-order valence-electron chi connectivity index (χ0n) is 10.9. The van der Waals surface area contributed by atoms with Gasteiger partial charge in [-0.3, -0.25) is 9.69 Å². The van der Waals surface area contributed by atoms with E-state index in [0.29, 0.717) is 24.7 Å².